The fourth-order valence-electron chi connectivity index (χ4n) is 1.24. The van der Waals surface area contributed by atoms with Gasteiger partial charge in [-0.25, -0.2) is 4.98 Å². The Kier molecular flexibility index (Phi) is 4.82. The lowest BCUT2D eigenvalue weighted by Gasteiger charge is -2.01. The van der Waals surface area contributed by atoms with Crippen molar-refractivity contribution >= 4 is 44.4 Å². The third kappa shape index (κ3) is 3.69. The molecule has 1 heterocycles. The average Bonchev–Trinajstić information content (AvgIpc) is 2.76. The molecule has 1 aromatic carbocycles. The van der Waals surface area contributed by atoms with Gasteiger partial charge in [-0.2, -0.15) is 4.37 Å². The molecule has 6 heteroatoms. The maximum Gasteiger partial charge on any atom is 0.202 e. The van der Waals surface area contributed by atoms with Crippen molar-refractivity contribution in [2.45, 2.75) is 17.6 Å². The highest BCUT2D eigenvalue weighted by Gasteiger charge is 2.05. The molecule has 0 saturated carbocycles. The van der Waals surface area contributed by atoms with Gasteiger partial charge < -0.3 is 5.32 Å². The second kappa shape index (κ2) is 6.37. The average molecular weight is 330 g/mol. The molecule has 2 rings (SSSR count). The minimum atomic E-state index is 0.796. The summed E-state index contributed by atoms with van der Waals surface area (Å²) < 4.78 is 5.43. The first-order valence-electron chi connectivity index (χ1n) is 5.23. The SMILES string of the molecule is CCNc1nc(CSc2ccccc2Br)ns1. The van der Waals surface area contributed by atoms with Gasteiger partial charge in [0.25, 0.3) is 0 Å². The number of hydrogen-bond acceptors (Lipinski definition) is 5. The Morgan fingerprint density at radius 3 is 3.00 bits per heavy atom. The molecule has 0 radical (unpaired) electrons. The molecule has 0 spiro atoms. The van der Waals surface area contributed by atoms with Gasteiger partial charge >= 0.3 is 0 Å². The fourth-order valence-corrected chi connectivity index (χ4v) is 3.40. The molecule has 0 atom stereocenters. The number of thioether (sulfide) groups is 1. The van der Waals surface area contributed by atoms with Crippen LogP contribution in [0.2, 0.25) is 0 Å². The summed E-state index contributed by atoms with van der Waals surface area (Å²) in [6.45, 7) is 2.93. The van der Waals surface area contributed by atoms with Crippen molar-refractivity contribution in [1.29, 1.82) is 0 Å². The smallest absolute Gasteiger partial charge is 0.202 e. The molecule has 90 valence electrons. The van der Waals surface area contributed by atoms with Gasteiger partial charge in [-0.05, 0) is 35.0 Å². The lowest BCUT2D eigenvalue weighted by molar-refractivity contribution is 1.11. The van der Waals surface area contributed by atoms with Crippen molar-refractivity contribution in [3.8, 4) is 0 Å². The number of aromatic nitrogens is 2. The van der Waals surface area contributed by atoms with Crippen LogP contribution in [0.3, 0.4) is 0 Å². The first-order chi connectivity index (χ1) is 8.29. The summed E-state index contributed by atoms with van der Waals surface area (Å²) in [5, 5.41) is 4.06. The molecule has 0 saturated heterocycles. The third-order valence-electron chi connectivity index (χ3n) is 1.99. The van der Waals surface area contributed by atoms with Gasteiger partial charge in [-0.15, -0.1) is 11.8 Å². The summed E-state index contributed by atoms with van der Waals surface area (Å²) in [6.07, 6.45) is 0. The molecule has 1 N–H and O–H groups in total. The van der Waals surface area contributed by atoms with Gasteiger partial charge in [0.05, 0.1) is 5.75 Å². The number of nitrogens with zero attached hydrogens (tertiary/aromatic N) is 2. The van der Waals surface area contributed by atoms with Crippen LogP contribution < -0.4 is 5.32 Å². The van der Waals surface area contributed by atoms with E-state index in [1.165, 1.54) is 16.4 Å². The molecule has 3 nitrogen and oxygen atoms in total. The van der Waals surface area contributed by atoms with E-state index in [1.54, 1.807) is 11.8 Å². The quantitative estimate of drug-likeness (QED) is 0.840. The lowest BCUT2D eigenvalue weighted by Crippen LogP contribution is -1.95. The van der Waals surface area contributed by atoms with Crippen LogP contribution in [0.15, 0.2) is 33.6 Å². The predicted octanol–water partition coefficient (Wildman–Crippen LogP) is 4.02. The molecule has 0 fully saturated rings. The Balaban J connectivity index is 1.95. The second-order valence-electron chi connectivity index (χ2n) is 3.27. The molecule has 0 aliphatic carbocycles. The molecule has 1 aromatic heterocycles. The molecule has 0 unspecified atom stereocenters. The normalized spacial score (nSPS) is 10.5. The van der Waals surface area contributed by atoms with Crippen LogP contribution >= 0.6 is 39.2 Å². The van der Waals surface area contributed by atoms with E-state index in [-0.39, 0.29) is 0 Å². The minimum Gasteiger partial charge on any atom is -0.361 e. The summed E-state index contributed by atoms with van der Waals surface area (Å²) in [5.74, 6) is 1.68. The summed E-state index contributed by atoms with van der Waals surface area (Å²) in [5.41, 5.74) is 0. The zero-order chi connectivity index (χ0) is 12.1. The Morgan fingerprint density at radius 1 is 1.41 bits per heavy atom. The topological polar surface area (TPSA) is 37.8 Å². The van der Waals surface area contributed by atoms with Gasteiger partial charge in [0.15, 0.2) is 5.82 Å². The highest BCUT2D eigenvalue weighted by Crippen LogP contribution is 2.29. The Hall–Kier alpha value is -0.590. The number of benzene rings is 1. The number of halogens is 1. The van der Waals surface area contributed by atoms with E-state index < -0.39 is 0 Å². The van der Waals surface area contributed by atoms with Crippen LogP contribution in [0.5, 0.6) is 0 Å². The lowest BCUT2D eigenvalue weighted by atomic mass is 10.4. The Morgan fingerprint density at radius 2 is 2.24 bits per heavy atom. The molecule has 0 aliphatic rings. The first-order valence-corrected chi connectivity index (χ1v) is 7.78. The van der Waals surface area contributed by atoms with E-state index in [1.807, 2.05) is 18.2 Å². The number of rotatable bonds is 5. The first kappa shape index (κ1) is 12.9. The Bertz CT molecular complexity index is 487. The summed E-state index contributed by atoms with van der Waals surface area (Å²) >= 11 is 6.68. The van der Waals surface area contributed by atoms with Gasteiger partial charge in [0.2, 0.25) is 5.13 Å². The van der Waals surface area contributed by atoms with Crippen LogP contribution in [0.4, 0.5) is 5.13 Å². The summed E-state index contributed by atoms with van der Waals surface area (Å²) in [7, 11) is 0. The van der Waals surface area contributed by atoms with Crippen molar-refractivity contribution in [2.24, 2.45) is 0 Å². The molecule has 0 amide bonds. The zero-order valence-corrected chi connectivity index (χ0v) is 12.5. The predicted molar refractivity (Wildman–Crippen MR) is 77.8 cm³/mol. The van der Waals surface area contributed by atoms with E-state index >= 15 is 0 Å². The van der Waals surface area contributed by atoms with Crippen LogP contribution in [0.1, 0.15) is 12.7 Å². The molecular formula is C11H12BrN3S2. The van der Waals surface area contributed by atoms with Gasteiger partial charge in [-0.3, -0.25) is 0 Å². The van der Waals surface area contributed by atoms with E-state index in [2.05, 4.69) is 43.6 Å². The maximum absolute atomic E-state index is 4.40. The van der Waals surface area contributed by atoms with Gasteiger partial charge in [0, 0.05) is 27.4 Å². The van der Waals surface area contributed by atoms with Crippen molar-refractivity contribution in [3.63, 3.8) is 0 Å². The van der Waals surface area contributed by atoms with Crippen LogP contribution in [-0.4, -0.2) is 15.9 Å². The van der Waals surface area contributed by atoms with Crippen LogP contribution in [-0.2, 0) is 5.75 Å². The molecule has 0 aliphatic heterocycles. The zero-order valence-electron chi connectivity index (χ0n) is 9.31. The maximum atomic E-state index is 4.40. The van der Waals surface area contributed by atoms with Crippen molar-refractivity contribution in [3.05, 3.63) is 34.6 Å². The van der Waals surface area contributed by atoms with Crippen molar-refractivity contribution < 1.29 is 0 Å². The van der Waals surface area contributed by atoms with Crippen LogP contribution in [0.25, 0.3) is 0 Å². The largest absolute Gasteiger partial charge is 0.361 e. The Labute approximate surface area is 117 Å². The number of hydrogen-bond donors (Lipinski definition) is 1. The molecular weight excluding hydrogens is 318 g/mol. The molecule has 2 aromatic rings. The molecule has 0 bridgehead atoms. The van der Waals surface area contributed by atoms with Gasteiger partial charge in [0.1, 0.15) is 0 Å². The fraction of sp³-hybridized carbons (Fsp3) is 0.273. The van der Waals surface area contributed by atoms with E-state index in [0.717, 1.165) is 27.7 Å². The van der Waals surface area contributed by atoms with Gasteiger partial charge in [-0.1, -0.05) is 12.1 Å². The minimum absolute atomic E-state index is 0.796. The van der Waals surface area contributed by atoms with Crippen molar-refractivity contribution in [2.75, 3.05) is 11.9 Å². The summed E-state index contributed by atoms with van der Waals surface area (Å²) in [6, 6.07) is 8.18. The standard InChI is InChI=1S/C11H12BrN3S2/c1-2-13-11-14-10(15-17-11)7-16-9-6-4-3-5-8(9)12/h3-6H,2,7H2,1H3,(H,13,14,15). The van der Waals surface area contributed by atoms with Crippen LogP contribution in [0, 0.1) is 0 Å². The van der Waals surface area contributed by atoms with E-state index in [9.17, 15) is 0 Å². The number of anilines is 1. The highest BCUT2D eigenvalue weighted by atomic mass is 79.9. The molecule has 17 heavy (non-hydrogen) atoms. The third-order valence-corrected chi connectivity index (χ3v) is 4.72. The summed E-state index contributed by atoms with van der Waals surface area (Å²) in [4.78, 5) is 5.62. The van der Waals surface area contributed by atoms with E-state index in [0.29, 0.717) is 0 Å². The highest BCUT2D eigenvalue weighted by molar-refractivity contribution is 9.10. The second-order valence-corrected chi connectivity index (χ2v) is 5.89. The monoisotopic (exact) mass is 329 g/mol. The van der Waals surface area contributed by atoms with E-state index in [4.69, 9.17) is 0 Å². The van der Waals surface area contributed by atoms with Crippen molar-refractivity contribution in [1.82, 2.24) is 9.36 Å². The number of nitrogens with one attached hydrogen (secondary N) is 1.